The molecule has 0 saturated heterocycles. The van der Waals surface area contributed by atoms with Crippen molar-refractivity contribution in [2.45, 2.75) is 20.8 Å². The third kappa shape index (κ3) is 3.56. The molecule has 0 amide bonds. The Morgan fingerprint density at radius 3 is 2.33 bits per heavy atom. The van der Waals surface area contributed by atoms with E-state index in [4.69, 9.17) is 4.74 Å². The van der Waals surface area contributed by atoms with Gasteiger partial charge in [0.2, 0.25) is 0 Å². The molecule has 0 radical (unpaired) electrons. The zero-order chi connectivity index (χ0) is 19.6. The molecule has 0 fully saturated rings. The molecule has 1 heterocycles. The maximum atomic E-state index is 13.0. The van der Waals surface area contributed by atoms with E-state index in [0.29, 0.717) is 17.7 Å². The van der Waals surface area contributed by atoms with Crippen LogP contribution in [0.4, 0.5) is 0 Å². The molecule has 3 aromatic rings. The average Bonchev–Trinajstić information content (AvgIpc) is 2.66. The fourth-order valence-electron chi connectivity index (χ4n) is 3.24. The molecule has 0 aliphatic rings. The minimum Gasteiger partial charge on any atom is -0.463 e. The second-order valence-corrected chi connectivity index (χ2v) is 6.56. The molecule has 0 aliphatic carbocycles. The highest BCUT2D eigenvalue weighted by molar-refractivity contribution is 6.01. The molecule has 4 heteroatoms. The molecule has 0 unspecified atom stereocenters. The second-order valence-electron chi connectivity index (χ2n) is 6.56. The van der Waals surface area contributed by atoms with Crippen LogP contribution in [0.15, 0.2) is 53.3 Å². The first-order chi connectivity index (χ1) is 12.9. The van der Waals surface area contributed by atoms with Crippen LogP contribution in [0.3, 0.4) is 0 Å². The molecule has 0 N–H and O–H groups in total. The Morgan fingerprint density at radius 2 is 1.70 bits per heavy atom. The Balaban J connectivity index is 2.40. The molecule has 0 atom stereocenters. The van der Waals surface area contributed by atoms with Crippen molar-refractivity contribution in [3.8, 4) is 11.1 Å². The third-order valence-corrected chi connectivity index (χ3v) is 4.78. The van der Waals surface area contributed by atoms with E-state index in [1.165, 1.54) is 6.08 Å². The normalized spacial score (nSPS) is 11.3. The van der Waals surface area contributed by atoms with E-state index in [2.05, 4.69) is 6.07 Å². The van der Waals surface area contributed by atoms with E-state index in [0.717, 1.165) is 27.6 Å². The van der Waals surface area contributed by atoms with Crippen LogP contribution in [0.2, 0.25) is 0 Å². The van der Waals surface area contributed by atoms with Gasteiger partial charge in [-0.05, 0) is 55.0 Å². The summed E-state index contributed by atoms with van der Waals surface area (Å²) in [5, 5.41) is 1.56. The number of hydrogen-bond acceptors (Lipinski definition) is 3. The summed E-state index contributed by atoms with van der Waals surface area (Å²) in [5.41, 5.74) is 4.70. The lowest BCUT2D eigenvalue weighted by Crippen LogP contribution is -2.20. The summed E-state index contributed by atoms with van der Waals surface area (Å²) >= 11 is 0. The summed E-state index contributed by atoms with van der Waals surface area (Å²) < 4.78 is 6.58. The lowest BCUT2D eigenvalue weighted by Gasteiger charge is -2.16. The summed E-state index contributed by atoms with van der Waals surface area (Å²) in [7, 11) is 1.73. The number of rotatable bonds is 4. The van der Waals surface area contributed by atoms with Gasteiger partial charge in [0, 0.05) is 24.1 Å². The van der Waals surface area contributed by atoms with Crippen LogP contribution in [0.5, 0.6) is 0 Å². The molecule has 2 aromatic carbocycles. The van der Waals surface area contributed by atoms with Gasteiger partial charge in [0.1, 0.15) is 0 Å². The fourth-order valence-corrected chi connectivity index (χ4v) is 3.24. The van der Waals surface area contributed by atoms with E-state index in [1.54, 1.807) is 24.6 Å². The molecule has 0 aliphatic heterocycles. The van der Waals surface area contributed by atoms with Crippen molar-refractivity contribution in [2.75, 3.05) is 6.61 Å². The highest BCUT2D eigenvalue weighted by Gasteiger charge is 2.16. The topological polar surface area (TPSA) is 48.3 Å². The van der Waals surface area contributed by atoms with Gasteiger partial charge in [-0.25, -0.2) is 4.79 Å². The van der Waals surface area contributed by atoms with Crippen LogP contribution in [0, 0.1) is 13.8 Å². The Labute approximate surface area is 158 Å². The number of esters is 1. The first kappa shape index (κ1) is 18.6. The van der Waals surface area contributed by atoms with Crippen molar-refractivity contribution in [2.24, 2.45) is 7.05 Å². The minimum atomic E-state index is -0.427. The van der Waals surface area contributed by atoms with Crippen LogP contribution in [-0.2, 0) is 16.6 Å². The van der Waals surface area contributed by atoms with Gasteiger partial charge in [-0.15, -0.1) is 0 Å². The summed E-state index contributed by atoms with van der Waals surface area (Å²) in [6.45, 7) is 6.11. The van der Waals surface area contributed by atoms with Crippen molar-refractivity contribution < 1.29 is 9.53 Å². The zero-order valence-electron chi connectivity index (χ0n) is 16.1. The molecule has 0 bridgehead atoms. The quantitative estimate of drug-likeness (QED) is 0.511. The van der Waals surface area contributed by atoms with E-state index in [1.807, 2.05) is 50.2 Å². The lowest BCUT2D eigenvalue weighted by atomic mass is 9.94. The molecule has 0 spiro atoms. The predicted molar refractivity (Wildman–Crippen MR) is 110 cm³/mol. The second kappa shape index (κ2) is 7.62. The number of hydrogen-bond donors (Lipinski definition) is 0. The van der Waals surface area contributed by atoms with Crippen molar-refractivity contribution in [3.63, 3.8) is 0 Å². The zero-order valence-corrected chi connectivity index (χ0v) is 16.1. The predicted octanol–water partition coefficient (Wildman–Crippen LogP) is 4.40. The van der Waals surface area contributed by atoms with Crippen LogP contribution < -0.4 is 5.56 Å². The molecule has 27 heavy (non-hydrogen) atoms. The van der Waals surface area contributed by atoms with E-state index in [9.17, 15) is 9.59 Å². The maximum Gasteiger partial charge on any atom is 0.330 e. The molecular weight excluding hydrogens is 338 g/mol. The van der Waals surface area contributed by atoms with Crippen molar-refractivity contribution in [1.29, 1.82) is 0 Å². The SMILES string of the molecule is CCOC(=O)C=Cc1c(-c2ccccc2)c2cc(C)c(C)cc2c(=O)n1C. The Bertz CT molecular complexity index is 1090. The Morgan fingerprint density at radius 1 is 1.07 bits per heavy atom. The van der Waals surface area contributed by atoms with Crippen molar-refractivity contribution in [3.05, 3.63) is 75.7 Å². The van der Waals surface area contributed by atoms with Crippen molar-refractivity contribution >= 4 is 22.8 Å². The minimum absolute atomic E-state index is 0.0868. The van der Waals surface area contributed by atoms with E-state index < -0.39 is 5.97 Å². The summed E-state index contributed by atoms with van der Waals surface area (Å²) in [6.07, 6.45) is 3.04. The molecule has 0 saturated carbocycles. The summed E-state index contributed by atoms with van der Waals surface area (Å²) in [5.74, 6) is -0.427. The molecular formula is C23H23NO3. The summed E-state index contributed by atoms with van der Waals surface area (Å²) in [6, 6.07) is 13.9. The summed E-state index contributed by atoms with van der Waals surface area (Å²) in [4.78, 5) is 24.8. The van der Waals surface area contributed by atoms with Gasteiger partial charge >= 0.3 is 5.97 Å². The highest BCUT2D eigenvalue weighted by atomic mass is 16.5. The van der Waals surface area contributed by atoms with Gasteiger partial charge in [0.05, 0.1) is 12.3 Å². The van der Waals surface area contributed by atoms with Crippen LogP contribution in [0.1, 0.15) is 23.7 Å². The number of carbonyl (C=O) groups is 1. The number of nitrogens with zero attached hydrogens (tertiary/aromatic N) is 1. The fraction of sp³-hybridized carbons (Fsp3) is 0.217. The number of aryl methyl sites for hydroxylation is 2. The number of ether oxygens (including phenoxy) is 1. The standard InChI is InChI=1S/C23H23NO3/c1-5-27-21(25)12-11-20-22(17-9-7-6-8-10-17)18-13-15(2)16(3)14-19(18)23(26)24(20)4/h6-14H,5H2,1-4H3. The number of benzene rings is 2. The first-order valence-corrected chi connectivity index (χ1v) is 8.98. The molecule has 4 nitrogen and oxygen atoms in total. The largest absolute Gasteiger partial charge is 0.463 e. The van der Waals surface area contributed by atoms with E-state index >= 15 is 0 Å². The van der Waals surface area contributed by atoms with Gasteiger partial charge < -0.3 is 9.30 Å². The average molecular weight is 361 g/mol. The van der Waals surface area contributed by atoms with Crippen LogP contribution in [0.25, 0.3) is 28.0 Å². The smallest absolute Gasteiger partial charge is 0.330 e. The Kier molecular flexibility index (Phi) is 5.26. The van der Waals surface area contributed by atoms with Gasteiger partial charge in [0.25, 0.3) is 5.56 Å². The lowest BCUT2D eigenvalue weighted by molar-refractivity contribution is -0.137. The number of pyridine rings is 1. The Hall–Kier alpha value is -3.14. The molecule has 138 valence electrons. The number of fused-ring (bicyclic) bond motifs is 1. The first-order valence-electron chi connectivity index (χ1n) is 8.98. The maximum absolute atomic E-state index is 13.0. The number of carbonyl (C=O) groups excluding carboxylic acids is 1. The van der Waals surface area contributed by atoms with Gasteiger partial charge in [-0.3, -0.25) is 4.79 Å². The van der Waals surface area contributed by atoms with Gasteiger partial charge in [0.15, 0.2) is 0 Å². The van der Waals surface area contributed by atoms with Crippen LogP contribution in [-0.4, -0.2) is 17.1 Å². The molecule has 1 aromatic heterocycles. The number of aromatic nitrogens is 1. The third-order valence-electron chi connectivity index (χ3n) is 4.78. The van der Waals surface area contributed by atoms with E-state index in [-0.39, 0.29) is 5.56 Å². The van der Waals surface area contributed by atoms with Crippen LogP contribution >= 0.6 is 0 Å². The van der Waals surface area contributed by atoms with Gasteiger partial charge in [-0.2, -0.15) is 0 Å². The molecule has 3 rings (SSSR count). The van der Waals surface area contributed by atoms with Crippen molar-refractivity contribution in [1.82, 2.24) is 4.57 Å². The highest BCUT2D eigenvalue weighted by Crippen LogP contribution is 2.32. The monoisotopic (exact) mass is 361 g/mol. The van der Waals surface area contributed by atoms with Gasteiger partial charge in [-0.1, -0.05) is 36.4 Å².